The number of hydrogen-bond donors (Lipinski definition) is 0. The zero-order valence-electron chi connectivity index (χ0n) is 9.68. The molecule has 0 radical (unpaired) electrons. The minimum atomic E-state index is 0.554. The van der Waals surface area contributed by atoms with Gasteiger partial charge in [0.15, 0.2) is 0 Å². The van der Waals surface area contributed by atoms with Crippen molar-refractivity contribution in [2.24, 2.45) is 16.7 Å². The first-order valence-corrected chi connectivity index (χ1v) is 7.14. The molecule has 0 aromatic carbocycles. The van der Waals surface area contributed by atoms with E-state index in [9.17, 15) is 0 Å². The lowest BCUT2D eigenvalue weighted by atomic mass is 9.75. The summed E-state index contributed by atoms with van der Waals surface area (Å²) in [5.74, 6) is 1.01. The molecule has 2 aliphatic heterocycles. The Hall–Kier alpha value is 0.350. The van der Waals surface area contributed by atoms with E-state index in [4.69, 9.17) is 0 Å². The largest absolute Gasteiger partial charge is 0.154 e. The van der Waals surface area contributed by atoms with Gasteiger partial charge in [0, 0.05) is 10.5 Å². The Morgan fingerprint density at radius 3 is 2.29 bits per heavy atom. The standard InChI is InChI=1S/C13H22S/c1-12(2,3)9-8-10-13(11(9)14-10)6-4-5-7-13/h9-11H,4-8H2,1-3H3. The van der Waals surface area contributed by atoms with Crippen molar-refractivity contribution in [1.82, 2.24) is 0 Å². The molecule has 2 heterocycles. The second kappa shape index (κ2) is 2.72. The van der Waals surface area contributed by atoms with Crippen LogP contribution in [0.25, 0.3) is 0 Å². The Labute approximate surface area is 92.2 Å². The maximum atomic E-state index is 2.45. The van der Waals surface area contributed by atoms with Crippen LogP contribution in [0.3, 0.4) is 0 Å². The fourth-order valence-electron chi connectivity index (χ4n) is 4.15. The summed E-state index contributed by atoms with van der Waals surface area (Å²) in [5, 5.41) is 2.09. The van der Waals surface area contributed by atoms with E-state index in [1.165, 1.54) is 19.3 Å². The highest BCUT2D eigenvalue weighted by molar-refractivity contribution is 8.02. The number of rotatable bonds is 0. The Morgan fingerprint density at radius 1 is 1.14 bits per heavy atom. The van der Waals surface area contributed by atoms with E-state index >= 15 is 0 Å². The van der Waals surface area contributed by atoms with Crippen LogP contribution in [0.15, 0.2) is 0 Å². The second-order valence-corrected chi connectivity index (χ2v) is 8.04. The van der Waals surface area contributed by atoms with Crippen LogP contribution >= 0.6 is 11.8 Å². The molecule has 4 rings (SSSR count). The van der Waals surface area contributed by atoms with Gasteiger partial charge >= 0.3 is 0 Å². The van der Waals surface area contributed by atoms with Crippen molar-refractivity contribution in [2.45, 2.75) is 63.4 Å². The van der Waals surface area contributed by atoms with Gasteiger partial charge in [0.25, 0.3) is 0 Å². The summed E-state index contributed by atoms with van der Waals surface area (Å²) in [6, 6.07) is 0. The Bertz CT molecular complexity index is 244. The van der Waals surface area contributed by atoms with Gasteiger partial charge in [-0.2, -0.15) is 11.8 Å². The molecule has 2 bridgehead atoms. The van der Waals surface area contributed by atoms with E-state index in [1.807, 2.05) is 0 Å². The quantitative estimate of drug-likeness (QED) is 0.580. The lowest BCUT2D eigenvalue weighted by Crippen LogP contribution is -2.45. The molecule has 0 aromatic rings. The summed E-state index contributed by atoms with van der Waals surface area (Å²) in [6.45, 7) is 7.34. The number of fused-ring (bicyclic) bond motifs is 1. The third kappa shape index (κ3) is 1.03. The highest BCUT2D eigenvalue weighted by Gasteiger charge is 2.66. The van der Waals surface area contributed by atoms with Crippen molar-refractivity contribution in [1.29, 1.82) is 0 Å². The molecular formula is C13H22S. The third-order valence-corrected chi connectivity index (χ3v) is 7.08. The predicted octanol–water partition coefficient (Wildman–Crippen LogP) is 4.10. The van der Waals surface area contributed by atoms with Crippen molar-refractivity contribution in [3.63, 3.8) is 0 Å². The SMILES string of the molecule is CC(C)(C)C1CC2SC1C21CCCC1. The average molecular weight is 210 g/mol. The maximum absolute atomic E-state index is 2.45. The van der Waals surface area contributed by atoms with Crippen molar-refractivity contribution in [3.05, 3.63) is 0 Å². The van der Waals surface area contributed by atoms with Gasteiger partial charge in [-0.15, -0.1) is 0 Å². The first-order chi connectivity index (χ1) is 6.54. The van der Waals surface area contributed by atoms with Crippen LogP contribution in [0.4, 0.5) is 0 Å². The Morgan fingerprint density at radius 2 is 1.79 bits per heavy atom. The third-order valence-electron chi connectivity index (χ3n) is 5.00. The number of thioether (sulfide) groups is 1. The predicted molar refractivity (Wildman–Crippen MR) is 63.6 cm³/mol. The highest BCUT2D eigenvalue weighted by atomic mass is 32.2. The maximum Gasteiger partial charge on any atom is 0.0151 e. The Balaban J connectivity index is 1.84. The minimum Gasteiger partial charge on any atom is -0.154 e. The van der Waals surface area contributed by atoms with Gasteiger partial charge in [-0.25, -0.2) is 0 Å². The fraction of sp³-hybridized carbons (Fsp3) is 1.00. The molecule has 2 aliphatic carbocycles. The lowest BCUT2D eigenvalue weighted by molar-refractivity contribution is 0.211. The van der Waals surface area contributed by atoms with Gasteiger partial charge in [0.1, 0.15) is 0 Å². The van der Waals surface area contributed by atoms with E-state index in [-0.39, 0.29) is 0 Å². The van der Waals surface area contributed by atoms with Gasteiger partial charge < -0.3 is 0 Å². The van der Waals surface area contributed by atoms with Crippen LogP contribution in [0.1, 0.15) is 52.9 Å². The highest BCUT2D eigenvalue weighted by Crippen LogP contribution is 2.72. The van der Waals surface area contributed by atoms with Crippen molar-refractivity contribution < 1.29 is 0 Å². The molecule has 3 atom stereocenters. The molecule has 14 heavy (non-hydrogen) atoms. The summed E-state index contributed by atoms with van der Waals surface area (Å²) in [6.07, 6.45) is 7.68. The van der Waals surface area contributed by atoms with E-state index in [1.54, 1.807) is 12.8 Å². The van der Waals surface area contributed by atoms with E-state index < -0.39 is 0 Å². The van der Waals surface area contributed by atoms with Gasteiger partial charge in [0.2, 0.25) is 0 Å². The van der Waals surface area contributed by atoms with Crippen LogP contribution in [-0.2, 0) is 0 Å². The fourth-order valence-corrected chi connectivity index (χ4v) is 6.63. The van der Waals surface area contributed by atoms with E-state index in [2.05, 4.69) is 32.5 Å². The van der Waals surface area contributed by atoms with Gasteiger partial charge in [-0.05, 0) is 36.0 Å². The summed E-state index contributed by atoms with van der Waals surface area (Å²) in [5.41, 5.74) is 1.39. The van der Waals surface area contributed by atoms with Crippen LogP contribution < -0.4 is 0 Å². The van der Waals surface area contributed by atoms with Crippen LogP contribution in [0, 0.1) is 16.7 Å². The molecule has 0 aromatic heterocycles. The van der Waals surface area contributed by atoms with E-state index in [0.717, 1.165) is 21.8 Å². The summed E-state index contributed by atoms with van der Waals surface area (Å²) >= 11 is 2.33. The first kappa shape index (κ1) is 9.57. The van der Waals surface area contributed by atoms with Gasteiger partial charge in [-0.1, -0.05) is 33.6 Å². The van der Waals surface area contributed by atoms with Gasteiger partial charge in [0.05, 0.1) is 0 Å². The second-order valence-electron chi connectivity index (χ2n) is 6.69. The molecule has 0 N–H and O–H groups in total. The normalized spacial score (nSPS) is 44.4. The van der Waals surface area contributed by atoms with Crippen LogP contribution in [0.5, 0.6) is 0 Å². The summed E-state index contributed by atoms with van der Waals surface area (Å²) < 4.78 is 0. The van der Waals surface area contributed by atoms with E-state index in [0.29, 0.717) is 5.41 Å². The zero-order valence-corrected chi connectivity index (χ0v) is 10.5. The monoisotopic (exact) mass is 210 g/mol. The average Bonchev–Trinajstić information content (AvgIpc) is 2.78. The smallest absolute Gasteiger partial charge is 0.0151 e. The molecule has 4 aliphatic rings. The summed E-state index contributed by atoms with van der Waals surface area (Å²) in [7, 11) is 0. The van der Waals surface area contributed by atoms with Gasteiger partial charge in [-0.3, -0.25) is 0 Å². The topological polar surface area (TPSA) is 0 Å². The molecule has 1 heteroatoms. The summed E-state index contributed by atoms with van der Waals surface area (Å²) in [4.78, 5) is 0. The molecule has 2 saturated carbocycles. The zero-order chi connectivity index (χ0) is 9.97. The first-order valence-electron chi connectivity index (χ1n) is 6.19. The molecule has 80 valence electrons. The molecular weight excluding hydrogens is 188 g/mol. The van der Waals surface area contributed by atoms with Crippen LogP contribution in [0.2, 0.25) is 0 Å². The van der Waals surface area contributed by atoms with Crippen molar-refractivity contribution >= 4 is 11.8 Å². The lowest BCUT2D eigenvalue weighted by Gasteiger charge is -2.49. The minimum absolute atomic E-state index is 0.554. The Kier molecular flexibility index (Phi) is 1.86. The molecule has 4 fully saturated rings. The molecule has 3 unspecified atom stereocenters. The molecule has 2 saturated heterocycles. The van der Waals surface area contributed by atoms with Crippen LogP contribution in [-0.4, -0.2) is 10.5 Å². The van der Waals surface area contributed by atoms with Crippen molar-refractivity contribution in [3.8, 4) is 0 Å². The molecule has 0 nitrogen and oxygen atoms in total. The number of hydrogen-bond acceptors (Lipinski definition) is 1. The van der Waals surface area contributed by atoms with Crippen molar-refractivity contribution in [2.75, 3.05) is 0 Å². The molecule has 0 amide bonds. The molecule has 1 spiro atoms.